The van der Waals surface area contributed by atoms with Gasteiger partial charge in [-0.3, -0.25) is 14.4 Å². The first-order valence-electron chi connectivity index (χ1n) is 8.97. The molecule has 2 aliphatic rings. The summed E-state index contributed by atoms with van der Waals surface area (Å²) in [6.07, 6.45) is 4.54. The molecule has 2 N–H and O–H groups in total. The fourth-order valence-electron chi connectivity index (χ4n) is 4.27. The molecule has 1 saturated carbocycles. The van der Waals surface area contributed by atoms with Crippen LogP contribution < -0.4 is 5.32 Å². The van der Waals surface area contributed by atoms with Crippen LogP contribution in [0, 0.1) is 23.7 Å². The second-order valence-corrected chi connectivity index (χ2v) is 7.07. The van der Waals surface area contributed by atoms with Crippen LogP contribution in [0.25, 0.3) is 0 Å². The van der Waals surface area contributed by atoms with E-state index in [2.05, 4.69) is 5.32 Å². The summed E-state index contributed by atoms with van der Waals surface area (Å²) < 4.78 is 0. The van der Waals surface area contributed by atoms with E-state index in [1.807, 2.05) is 18.2 Å². The van der Waals surface area contributed by atoms with Gasteiger partial charge in [0.2, 0.25) is 5.91 Å². The number of hydrogen-bond acceptors (Lipinski definition) is 3. The summed E-state index contributed by atoms with van der Waals surface area (Å²) in [6, 6.07) is 15.7. The lowest BCUT2D eigenvalue weighted by Crippen LogP contribution is -2.36. The molecule has 4 rings (SSSR count). The monoisotopic (exact) mass is 361 g/mol. The third-order valence-electron chi connectivity index (χ3n) is 5.51. The van der Waals surface area contributed by atoms with E-state index in [1.165, 1.54) is 0 Å². The average molecular weight is 361 g/mol. The van der Waals surface area contributed by atoms with Crippen LogP contribution in [0.5, 0.6) is 0 Å². The maximum atomic E-state index is 12.9. The number of carboxylic acids is 1. The Labute approximate surface area is 156 Å². The van der Waals surface area contributed by atoms with Crippen molar-refractivity contribution in [2.45, 2.75) is 6.42 Å². The molecule has 0 unspecified atom stereocenters. The Balaban J connectivity index is 1.60. The van der Waals surface area contributed by atoms with Crippen LogP contribution in [0.3, 0.4) is 0 Å². The summed E-state index contributed by atoms with van der Waals surface area (Å²) in [7, 11) is 0. The molecule has 5 heteroatoms. The van der Waals surface area contributed by atoms with E-state index < -0.39 is 17.8 Å². The third-order valence-corrected chi connectivity index (χ3v) is 5.51. The zero-order valence-corrected chi connectivity index (χ0v) is 14.5. The quantitative estimate of drug-likeness (QED) is 0.632. The molecule has 0 aromatic heterocycles. The van der Waals surface area contributed by atoms with Crippen molar-refractivity contribution in [3.63, 3.8) is 0 Å². The molecule has 2 aromatic carbocycles. The molecule has 0 heterocycles. The number of benzene rings is 2. The highest BCUT2D eigenvalue weighted by Gasteiger charge is 2.51. The summed E-state index contributed by atoms with van der Waals surface area (Å²) in [5, 5.41) is 12.4. The first-order chi connectivity index (χ1) is 13.1. The van der Waals surface area contributed by atoms with Gasteiger partial charge in [0.15, 0.2) is 5.78 Å². The van der Waals surface area contributed by atoms with E-state index in [1.54, 1.807) is 48.5 Å². The van der Waals surface area contributed by atoms with Crippen molar-refractivity contribution in [2.75, 3.05) is 5.32 Å². The molecular weight excluding hydrogens is 342 g/mol. The molecule has 1 fully saturated rings. The van der Waals surface area contributed by atoms with E-state index in [4.69, 9.17) is 0 Å². The Hall–Kier alpha value is -3.21. The number of carboxylic acid groups (broad SMARTS) is 1. The molecule has 2 aliphatic carbocycles. The van der Waals surface area contributed by atoms with Crippen molar-refractivity contribution in [1.29, 1.82) is 0 Å². The fourth-order valence-corrected chi connectivity index (χ4v) is 4.27. The van der Waals surface area contributed by atoms with Gasteiger partial charge in [0.25, 0.3) is 0 Å². The Morgan fingerprint density at radius 1 is 0.852 bits per heavy atom. The number of amides is 1. The van der Waals surface area contributed by atoms with E-state index >= 15 is 0 Å². The lowest BCUT2D eigenvalue weighted by atomic mass is 9.82. The van der Waals surface area contributed by atoms with Crippen molar-refractivity contribution in [3.05, 3.63) is 77.9 Å². The largest absolute Gasteiger partial charge is 0.481 e. The number of fused-ring (bicyclic) bond motifs is 2. The van der Waals surface area contributed by atoms with Gasteiger partial charge in [-0.1, -0.05) is 54.6 Å². The molecular formula is C22H19NO4. The first-order valence-corrected chi connectivity index (χ1v) is 8.97. The van der Waals surface area contributed by atoms with Crippen molar-refractivity contribution in [2.24, 2.45) is 23.7 Å². The van der Waals surface area contributed by atoms with Crippen LogP contribution >= 0.6 is 0 Å². The van der Waals surface area contributed by atoms with E-state index in [9.17, 15) is 19.5 Å². The number of aliphatic carboxylic acids is 1. The van der Waals surface area contributed by atoms with Gasteiger partial charge in [0.05, 0.1) is 17.5 Å². The van der Waals surface area contributed by atoms with E-state index in [-0.39, 0.29) is 23.5 Å². The van der Waals surface area contributed by atoms with Gasteiger partial charge in [-0.25, -0.2) is 0 Å². The molecule has 5 nitrogen and oxygen atoms in total. The number of allylic oxidation sites excluding steroid dienone is 2. The van der Waals surface area contributed by atoms with Crippen molar-refractivity contribution >= 4 is 23.3 Å². The lowest BCUT2D eigenvalue weighted by molar-refractivity contribution is -0.146. The molecule has 2 aromatic rings. The number of rotatable bonds is 5. The summed E-state index contributed by atoms with van der Waals surface area (Å²) in [5.41, 5.74) is 1.33. The molecule has 136 valence electrons. The smallest absolute Gasteiger partial charge is 0.307 e. The van der Waals surface area contributed by atoms with Gasteiger partial charge in [0, 0.05) is 11.1 Å². The molecule has 27 heavy (non-hydrogen) atoms. The van der Waals surface area contributed by atoms with Gasteiger partial charge in [-0.15, -0.1) is 0 Å². The minimum Gasteiger partial charge on any atom is -0.481 e. The predicted molar refractivity (Wildman–Crippen MR) is 100 cm³/mol. The van der Waals surface area contributed by atoms with Crippen LogP contribution in [-0.2, 0) is 9.59 Å². The Bertz CT molecular complexity index is 934. The van der Waals surface area contributed by atoms with Crippen LogP contribution in [0.2, 0.25) is 0 Å². The summed E-state index contributed by atoms with van der Waals surface area (Å²) in [5.74, 6) is -2.95. The predicted octanol–water partition coefficient (Wildman–Crippen LogP) is 3.38. The summed E-state index contributed by atoms with van der Waals surface area (Å²) in [4.78, 5) is 37.4. The fraction of sp³-hybridized carbons (Fsp3) is 0.227. The highest BCUT2D eigenvalue weighted by Crippen LogP contribution is 2.48. The van der Waals surface area contributed by atoms with Gasteiger partial charge < -0.3 is 10.4 Å². The van der Waals surface area contributed by atoms with Crippen LogP contribution in [-0.4, -0.2) is 22.8 Å². The summed E-state index contributed by atoms with van der Waals surface area (Å²) in [6.45, 7) is 0. The SMILES string of the molecule is O=C(c1ccccc1)c1ccccc1NC(=O)[C@H]1[C@H](C(=O)O)[C@H]2C=C[C@H]1C2. The van der Waals surface area contributed by atoms with E-state index in [0.717, 1.165) is 0 Å². The topological polar surface area (TPSA) is 83.5 Å². The second-order valence-electron chi connectivity index (χ2n) is 7.07. The van der Waals surface area contributed by atoms with Crippen LogP contribution in [0.4, 0.5) is 5.69 Å². The minimum absolute atomic E-state index is 0.0620. The highest BCUT2D eigenvalue weighted by atomic mass is 16.4. The number of hydrogen-bond donors (Lipinski definition) is 2. The minimum atomic E-state index is -0.944. The molecule has 2 bridgehead atoms. The van der Waals surface area contributed by atoms with Crippen LogP contribution in [0.1, 0.15) is 22.3 Å². The van der Waals surface area contributed by atoms with Crippen molar-refractivity contribution in [1.82, 2.24) is 0 Å². The number of ketones is 1. The number of para-hydroxylation sites is 1. The second kappa shape index (κ2) is 6.83. The number of carbonyl (C=O) groups is 3. The Morgan fingerprint density at radius 3 is 2.19 bits per heavy atom. The average Bonchev–Trinajstić information content (AvgIpc) is 3.30. The van der Waals surface area contributed by atoms with Crippen LogP contribution in [0.15, 0.2) is 66.7 Å². The van der Waals surface area contributed by atoms with Gasteiger partial charge in [0.1, 0.15) is 0 Å². The Morgan fingerprint density at radius 2 is 1.48 bits per heavy atom. The zero-order valence-electron chi connectivity index (χ0n) is 14.5. The molecule has 0 saturated heterocycles. The maximum Gasteiger partial charge on any atom is 0.307 e. The lowest BCUT2D eigenvalue weighted by Gasteiger charge is -2.24. The molecule has 1 amide bonds. The molecule has 4 atom stereocenters. The molecule has 0 aliphatic heterocycles. The van der Waals surface area contributed by atoms with Gasteiger partial charge >= 0.3 is 5.97 Å². The standard InChI is InChI=1S/C22H19NO4/c24-20(13-6-2-1-3-7-13)16-8-4-5-9-17(16)23-21(25)18-14-10-11-15(12-14)19(18)22(26)27/h1-11,14-15,18-19H,12H2,(H,23,25)(H,26,27)/t14-,15-,18+,19+/m0/s1. The van der Waals surface area contributed by atoms with Gasteiger partial charge in [-0.05, 0) is 30.4 Å². The first kappa shape index (κ1) is 17.2. The van der Waals surface area contributed by atoms with Crippen molar-refractivity contribution in [3.8, 4) is 0 Å². The zero-order chi connectivity index (χ0) is 19.0. The number of anilines is 1. The third kappa shape index (κ3) is 3.05. The molecule has 0 spiro atoms. The Kier molecular flexibility index (Phi) is 4.36. The van der Waals surface area contributed by atoms with E-state index in [0.29, 0.717) is 23.2 Å². The molecule has 0 radical (unpaired) electrons. The summed E-state index contributed by atoms with van der Waals surface area (Å²) >= 11 is 0. The number of nitrogens with one attached hydrogen (secondary N) is 1. The highest BCUT2D eigenvalue weighted by molar-refractivity contribution is 6.14. The maximum absolute atomic E-state index is 12.9. The van der Waals surface area contributed by atoms with Gasteiger partial charge in [-0.2, -0.15) is 0 Å². The van der Waals surface area contributed by atoms with Crippen molar-refractivity contribution < 1.29 is 19.5 Å². The number of carbonyl (C=O) groups excluding carboxylic acids is 2. The normalized spacial score (nSPS) is 25.3.